The van der Waals surface area contributed by atoms with Crippen LogP contribution in [0.2, 0.25) is 0 Å². The number of rotatable bonds is 4. The fraction of sp³-hybridized carbons (Fsp3) is 0. The highest BCUT2D eigenvalue weighted by Gasteiger charge is 2.03. The summed E-state index contributed by atoms with van der Waals surface area (Å²) < 4.78 is 0. The van der Waals surface area contributed by atoms with Crippen molar-refractivity contribution in [3.8, 4) is 0 Å². The molecule has 0 amide bonds. The summed E-state index contributed by atoms with van der Waals surface area (Å²) in [6.07, 6.45) is 4.28. The summed E-state index contributed by atoms with van der Waals surface area (Å²) in [7, 11) is 0. The van der Waals surface area contributed by atoms with Gasteiger partial charge in [-0.2, -0.15) is 5.10 Å². The van der Waals surface area contributed by atoms with Crippen molar-refractivity contribution in [3.63, 3.8) is 0 Å². The first-order chi connectivity index (χ1) is 8.75. The zero-order chi connectivity index (χ0) is 12.8. The second-order valence-electron chi connectivity index (χ2n) is 3.28. The molecule has 0 radical (unpaired) electrons. The molecule has 0 fully saturated rings. The van der Waals surface area contributed by atoms with Crippen molar-refractivity contribution in [1.82, 2.24) is 9.97 Å². The van der Waals surface area contributed by atoms with Crippen LogP contribution in [-0.4, -0.2) is 21.1 Å². The lowest BCUT2D eigenvalue weighted by Gasteiger charge is -1.97. The molecule has 0 aliphatic heterocycles. The highest BCUT2D eigenvalue weighted by Crippen LogP contribution is 2.07. The summed E-state index contributed by atoms with van der Waals surface area (Å²) in [6, 6.07) is 8.28. The lowest BCUT2D eigenvalue weighted by Crippen LogP contribution is -1.95. The highest BCUT2D eigenvalue weighted by molar-refractivity contribution is 5.77. The lowest BCUT2D eigenvalue weighted by molar-refractivity contribution is -0.385. The van der Waals surface area contributed by atoms with Gasteiger partial charge in [0.05, 0.1) is 16.8 Å². The molecule has 0 saturated carbocycles. The van der Waals surface area contributed by atoms with Crippen molar-refractivity contribution in [3.05, 3.63) is 58.5 Å². The van der Waals surface area contributed by atoms with Crippen molar-refractivity contribution in [2.45, 2.75) is 0 Å². The SMILES string of the molecule is O=[N+]([O-])c1ccc(/C=N/Nc2ccccn2)nc1. The van der Waals surface area contributed by atoms with E-state index in [0.717, 1.165) is 0 Å². The second-order valence-corrected chi connectivity index (χ2v) is 3.28. The third-order valence-corrected chi connectivity index (χ3v) is 2.02. The average Bonchev–Trinajstić information content (AvgIpc) is 2.40. The molecule has 2 aromatic heterocycles. The van der Waals surface area contributed by atoms with Crippen LogP contribution in [0.1, 0.15) is 5.69 Å². The predicted molar refractivity (Wildman–Crippen MR) is 66.3 cm³/mol. The number of pyridine rings is 2. The molecular weight excluding hydrogens is 234 g/mol. The summed E-state index contributed by atoms with van der Waals surface area (Å²) in [5, 5.41) is 14.3. The Labute approximate surface area is 102 Å². The molecular formula is C11H9N5O2. The number of anilines is 1. The molecule has 0 saturated heterocycles. The molecule has 7 heteroatoms. The maximum Gasteiger partial charge on any atom is 0.287 e. The maximum absolute atomic E-state index is 10.4. The van der Waals surface area contributed by atoms with Gasteiger partial charge in [-0.25, -0.2) is 9.97 Å². The van der Waals surface area contributed by atoms with Crippen molar-refractivity contribution in [1.29, 1.82) is 0 Å². The van der Waals surface area contributed by atoms with E-state index < -0.39 is 4.92 Å². The zero-order valence-electron chi connectivity index (χ0n) is 9.22. The Morgan fingerprint density at radius 3 is 2.78 bits per heavy atom. The summed E-state index contributed by atoms with van der Waals surface area (Å²) in [5.74, 6) is 0.607. The van der Waals surface area contributed by atoms with Gasteiger partial charge in [0.1, 0.15) is 12.0 Å². The van der Waals surface area contributed by atoms with Crippen molar-refractivity contribution in [2.24, 2.45) is 5.10 Å². The van der Waals surface area contributed by atoms with E-state index in [9.17, 15) is 10.1 Å². The molecule has 0 aliphatic carbocycles. The van der Waals surface area contributed by atoms with Crippen LogP contribution in [0.25, 0.3) is 0 Å². The summed E-state index contributed by atoms with van der Waals surface area (Å²) in [5.41, 5.74) is 3.18. The Morgan fingerprint density at radius 2 is 2.17 bits per heavy atom. The number of nitro groups is 1. The predicted octanol–water partition coefficient (Wildman–Crippen LogP) is 1.83. The van der Waals surface area contributed by atoms with E-state index in [2.05, 4.69) is 20.5 Å². The molecule has 2 rings (SSSR count). The van der Waals surface area contributed by atoms with Gasteiger partial charge in [0.2, 0.25) is 0 Å². The Morgan fingerprint density at radius 1 is 1.28 bits per heavy atom. The van der Waals surface area contributed by atoms with Gasteiger partial charge in [0.25, 0.3) is 5.69 Å². The van der Waals surface area contributed by atoms with Crippen LogP contribution in [0.5, 0.6) is 0 Å². The fourth-order valence-electron chi connectivity index (χ4n) is 1.18. The quantitative estimate of drug-likeness (QED) is 0.502. The number of aromatic nitrogens is 2. The number of hydrogen-bond donors (Lipinski definition) is 1. The average molecular weight is 243 g/mol. The van der Waals surface area contributed by atoms with Gasteiger partial charge in [0, 0.05) is 12.3 Å². The van der Waals surface area contributed by atoms with E-state index in [1.165, 1.54) is 24.5 Å². The normalized spacial score (nSPS) is 10.4. The smallest absolute Gasteiger partial charge is 0.261 e. The first-order valence-corrected chi connectivity index (χ1v) is 5.06. The molecule has 7 nitrogen and oxygen atoms in total. The van der Waals surface area contributed by atoms with Crippen LogP contribution in [-0.2, 0) is 0 Å². The number of hydrazone groups is 1. The third-order valence-electron chi connectivity index (χ3n) is 2.02. The van der Waals surface area contributed by atoms with Crippen LogP contribution >= 0.6 is 0 Å². The Kier molecular flexibility index (Phi) is 3.55. The molecule has 2 heterocycles. The van der Waals surface area contributed by atoms with Gasteiger partial charge in [-0.3, -0.25) is 15.5 Å². The van der Waals surface area contributed by atoms with Crippen LogP contribution in [0.15, 0.2) is 47.8 Å². The van der Waals surface area contributed by atoms with Crippen LogP contribution in [0.3, 0.4) is 0 Å². The monoisotopic (exact) mass is 243 g/mol. The highest BCUT2D eigenvalue weighted by atomic mass is 16.6. The van der Waals surface area contributed by atoms with Gasteiger partial charge in [-0.1, -0.05) is 6.07 Å². The largest absolute Gasteiger partial charge is 0.287 e. The van der Waals surface area contributed by atoms with Gasteiger partial charge in [-0.05, 0) is 18.2 Å². The van der Waals surface area contributed by atoms with Gasteiger partial charge >= 0.3 is 0 Å². The molecule has 0 aromatic carbocycles. The van der Waals surface area contributed by atoms with Crippen LogP contribution in [0, 0.1) is 10.1 Å². The Hall–Kier alpha value is -2.83. The van der Waals surface area contributed by atoms with E-state index in [-0.39, 0.29) is 5.69 Å². The van der Waals surface area contributed by atoms with E-state index in [0.29, 0.717) is 11.5 Å². The summed E-state index contributed by atoms with van der Waals surface area (Å²) in [6.45, 7) is 0. The van der Waals surface area contributed by atoms with Gasteiger partial charge in [0.15, 0.2) is 0 Å². The van der Waals surface area contributed by atoms with E-state index in [1.54, 1.807) is 18.3 Å². The van der Waals surface area contributed by atoms with Crippen molar-refractivity contribution >= 4 is 17.7 Å². The molecule has 0 atom stereocenters. The van der Waals surface area contributed by atoms with E-state index in [1.807, 2.05) is 6.07 Å². The molecule has 0 unspecified atom stereocenters. The minimum Gasteiger partial charge on any atom is -0.261 e. The molecule has 2 aromatic rings. The van der Waals surface area contributed by atoms with Crippen LogP contribution < -0.4 is 5.43 Å². The maximum atomic E-state index is 10.4. The number of nitrogens with one attached hydrogen (secondary N) is 1. The number of hydrogen-bond acceptors (Lipinski definition) is 6. The molecule has 90 valence electrons. The Balaban J connectivity index is 1.99. The first kappa shape index (κ1) is 11.6. The molecule has 18 heavy (non-hydrogen) atoms. The standard InChI is InChI=1S/C11H9N5O2/c17-16(18)10-5-4-9(13-8-10)7-14-15-11-3-1-2-6-12-11/h1-8H,(H,12,15)/b14-7+. The fourth-order valence-corrected chi connectivity index (χ4v) is 1.18. The van der Waals surface area contributed by atoms with Crippen molar-refractivity contribution in [2.75, 3.05) is 5.43 Å². The number of nitrogens with zero attached hydrogens (tertiary/aromatic N) is 4. The minimum atomic E-state index is -0.500. The minimum absolute atomic E-state index is 0.0511. The molecule has 0 bridgehead atoms. The Bertz CT molecular complexity index is 553. The van der Waals surface area contributed by atoms with Crippen molar-refractivity contribution < 1.29 is 4.92 Å². The zero-order valence-corrected chi connectivity index (χ0v) is 9.22. The molecule has 0 aliphatic rings. The topological polar surface area (TPSA) is 93.3 Å². The van der Waals surface area contributed by atoms with Gasteiger partial charge < -0.3 is 0 Å². The first-order valence-electron chi connectivity index (χ1n) is 5.06. The summed E-state index contributed by atoms with van der Waals surface area (Å²) in [4.78, 5) is 17.8. The van der Waals surface area contributed by atoms with E-state index >= 15 is 0 Å². The second kappa shape index (κ2) is 5.48. The molecule has 1 N–H and O–H groups in total. The lowest BCUT2D eigenvalue weighted by atomic mass is 10.3. The van der Waals surface area contributed by atoms with E-state index in [4.69, 9.17) is 0 Å². The summed E-state index contributed by atoms with van der Waals surface area (Å²) >= 11 is 0. The van der Waals surface area contributed by atoms with Crippen LogP contribution in [0.4, 0.5) is 11.5 Å². The molecule has 0 spiro atoms. The van der Waals surface area contributed by atoms with Gasteiger partial charge in [-0.15, -0.1) is 0 Å². The third kappa shape index (κ3) is 3.08.